The predicted octanol–water partition coefficient (Wildman–Crippen LogP) is 3.02. The van der Waals surface area contributed by atoms with Gasteiger partial charge in [0.2, 0.25) is 5.78 Å². The lowest BCUT2D eigenvalue weighted by Crippen LogP contribution is -2.15. The maximum atomic E-state index is 13.1. The van der Waals surface area contributed by atoms with Gasteiger partial charge in [-0.05, 0) is 30.3 Å². The summed E-state index contributed by atoms with van der Waals surface area (Å²) >= 11 is 0. The Morgan fingerprint density at radius 1 is 0.958 bits per heavy atom. The Bertz CT molecular complexity index is 774. The van der Waals surface area contributed by atoms with Gasteiger partial charge >= 0.3 is 5.97 Å². The first-order chi connectivity index (χ1) is 11.5. The van der Waals surface area contributed by atoms with E-state index in [0.717, 1.165) is 12.1 Å². The van der Waals surface area contributed by atoms with E-state index in [4.69, 9.17) is 14.2 Å². The van der Waals surface area contributed by atoms with Gasteiger partial charge in [-0.25, -0.2) is 13.6 Å². The highest BCUT2D eigenvalue weighted by molar-refractivity contribution is 6.01. The molecule has 0 unspecified atom stereocenters. The first kappa shape index (κ1) is 17.4. The zero-order chi connectivity index (χ0) is 17.7. The van der Waals surface area contributed by atoms with Gasteiger partial charge in [-0.3, -0.25) is 4.79 Å². The van der Waals surface area contributed by atoms with Crippen LogP contribution in [0.4, 0.5) is 8.78 Å². The Morgan fingerprint density at radius 3 is 2.33 bits per heavy atom. The van der Waals surface area contributed by atoms with E-state index in [1.807, 2.05) is 0 Å². The number of ether oxygens (including phenoxy) is 3. The summed E-state index contributed by atoms with van der Waals surface area (Å²) in [4.78, 5) is 23.9. The molecule has 0 aliphatic rings. The van der Waals surface area contributed by atoms with Crippen molar-refractivity contribution in [3.63, 3.8) is 0 Å². The first-order valence-corrected chi connectivity index (χ1v) is 6.83. The second-order valence-corrected chi connectivity index (χ2v) is 4.69. The van der Waals surface area contributed by atoms with Crippen LogP contribution < -0.4 is 9.47 Å². The van der Waals surface area contributed by atoms with Crippen molar-refractivity contribution in [1.29, 1.82) is 0 Å². The van der Waals surface area contributed by atoms with Crippen molar-refractivity contribution < 1.29 is 32.6 Å². The molecule has 0 saturated heterocycles. The predicted molar refractivity (Wildman–Crippen MR) is 80.5 cm³/mol. The fourth-order valence-electron chi connectivity index (χ4n) is 1.94. The lowest BCUT2D eigenvalue weighted by atomic mass is 10.1. The van der Waals surface area contributed by atoms with Gasteiger partial charge in [0.1, 0.15) is 11.5 Å². The summed E-state index contributed by atoms with van der Waals surface area (Å²) in [6.45, 7) is -0.569. The summed E-state index contributed by atoms with van der Waals surface area (Å²) in [6.07, 6.45) is 0. The fraction of sp³-hybridized carbons (Fsp3) is 0.176. The molecule has 0 spiro atoms. The SMILES string of the molecule is COc1ccc(C(=O)COC(=O)c2ccc(F)c(F)c2)c(OC)c1. The maximum absolute atomic E-state index is 13.1. The van der Waals surface area contributed by atoms with Crippen LogP contribution in [0.25, 0.3) is 0 Å². The molecule has 2 rings (SSSR count). The summed E-state index contributed by atoms with van der Waals surface area (Å²) in [6, 6.07) is 7.14. The molecule has 0 bridgehead atoms. The number of carbonyl (C=O) groups is 2. The maximum Gasteiger partial charge on any atom is 0.338 e. The van der Waals surface area contributed by atoms with Gasteiger partial charge in [0.25, 0.3) is 0 Å². The van der Waals surface area contributed by atoms with Crippen LogP contribution in [-0.4, -0.2) is 32.6 Å². The molecule has 0 aliphatic carbocycles. The zero-order valence-corrected chi connectivity index (χ0v) is 13.0. The molecule has 0 radical (unpaired) electrons. The molecular formula is C17H14F2O5. The van der Waals surface area contributed by atoms with Crippen LogP contribution in [0.5, 0.6) is 11.5 Å². The van der Waals surface area contributed by atoms with Crippen molar-refractivity contribution in [2.45, 2.75) is 0 Å². The van der Waals surface area contributed by atoms with E-state index in [9.17, 15) is 18.4 Å². The minimum Gasteiger partial charge on any atom is -0.497 e. The van der Waals surface area contributed by atoms with Crippen molar-refractivity contribution in [1.82, 2.24) is 0 Å². The van der Waals surface area contributed by atoms with Gasteiger partial charge in [0.15, 0.2) is 18.2 Å². The topological polar surface area (TPSA) is 61.8 Å². The lowest BCUT2D eigenvalue weighted by molar-refractivity contribution is 0.0473. The third-order valence-corrected chi connectivity index (χ3v) is 3.20. The van der Waals surface area contributed by atoms with E-state index >= 15 is 0 Å². The first-order valence-electron chi connectivity index (χ1n) is 6.83. The molecule has 0 fully saturated rings. The molecule has 126 valence electrons. The Labute approximate surface area is 136 Å². The van der Waals surface area contributed by atoms with Crippen molar-refractivity contribution in [3.05, 3.63) is 59.2 Å². The van der Waals surface area contributed by atoms with E-state index in [1.54, 1.807) is 6.07 Å². The number of rotatable bonds is 6. The molecule has 5 nitrogen and oxygen atoms in total. The average molecular weight is 336 g/mol. The van der Waals surface area contributed by atoms with Gasteiger partial charge in [-0.1, -0.05) is 0 Å². The van der Waals surface area contributed by atoms with E-state index in [1.165, 1.54) is 26.4 Å². The van der Waals surface area contributed by atoms with E-state index in [0.29, 0.717) is 11.8 Å². The smallest absolute Gasteiger partial charge is 0.338 e. The van der Waals surface area contributed by atoms with Crippen molar-refractivity contribution in [3.8, 4) is 11.5 Å². The average Bonchev–Trinajstić information content (AvgIpc) is 2.60. The molecule has 2 aromatic rings. The van der Waals surface area contributed by atoms with Crippen LogP contribution in [-0.2, 0) is 4.74 Å². The highest BCUT2D eigenvalue weighted by Crippen LogP contribution is 2.25. The van der Waals surface area contributed by atoms with Gasteiger partial charge in [-0.2, -0.15) is 0 Å². The van der Waals surface area contributed by atoms with Gasteiger partial charge < -0.3 is 14.2 Å². The number of Topliss-reactive ketones (excluding diaryl/α,β-unsaturated/α-hetero) is 1. The number of esters is 1. The molecule has 0 heterocycles. The third-order valence-electron chi connectivity index (χ3n) is 3.20. The summed E-state index contributed by atoms with van der Waals surface area (Å²) in [5, 5.41) is 0. The number of methoxy groups -OCH3 is 2. The second-order valence-electron chi connectivity index (χ2n) is 4.69. The molecule has 2 aromatic carbocycles. The molecule has 0 aliphatic heterocycles. The number of halogens is 2. The standard InChI is InChI=1S/C17H14F2O5/c1-22-11-4-5-12(16(8-11)23-2)15(20)9-24-17(21)10-3-6-13(18)14(19)7-10/h3-8H,9H2,1-2H3. The van der Waals surface area contributed by atoms with Crippen LogP contribution in [0.3, 0.4) is 0 Å². The number of hydrogen-bond acceptors (Lipinski definition) is 5. The van der Waals surface area contributed by atoms with Gasteiger partial charge in [0.05, 0.1) is 25.3 Å². The van der Waals surface area contributed by atoms with Crippen LogP contribution in [0, 0.1) is 11.6 Å². The highest BCUT2D eigenvalue weighted by atomic mass is 19.2. The minimum atomic E-state index is -1.17. The minimum absolute atomic E-state index is 0.191. The zero-order valence-electron chi connectivity index (χ0n) is 13.0. The van der Waals surface area contributed by atoms with Crippen LogP contribution >= 0.6 is 0 Å². The number of carbonyl (C=O) groups excluding carboxylic acids is 2. The van der Waals surface area contributed by atoms with E-state index < -0.39 is 30.0 Å². The van der Waals surface area contributed by atoms with Gasteiger partial charge in [-0.15, -0.1) is 0 Å². The Balaban J connectivity index is 2.07. The monoisotopic (exact) mass is 336 g/mol. The Hall–Kier alpha value is -2.96. The normalized spacial score (nSPS) is 10.2. The molecule has 0 saturated carbocycles. The summed E-state index contributed by atoms with van der Waals surface area (Å²) in [5.74, 6) is -2.93. The molecule has 24 heavy (non-hydrogen) atoms. The molecule has 0 amide bonds. The van der Waals surface area contributed by atoms with Crippen LogP contribution in [0.15, 0.2) is 36.4 Å². The van der Waals surface area contributed by atoms with E-state index in [2.05, 4.69) is 0 Å². The molecule has 7 heteroatoms. The van der Waals surface area contributed by atoms with Crippen molar-refractivity contribution >= 4 is 11.8 Å². The van der Waals surface area contributed by atoms with Crippen molar-refractivity contribution in [2.75, 3.05) is 20.8 Å². The number of benzene rings is 2. The van der Waals surface area contributed by atoms with Crippen LogP contribution in [0.1, 0.15) is 20.7 Å². The molecular weight excluding hydrogens is 322 g/mol. The largest absolute Gasteiger partial charge is 0.497 e. The fourth-order valence-corrected chi connectivity index (χ4v) is 1.94. The number of hydrogen-bond donors (Lipinski definition) is 0. The molecule has 0 atom stereocenters. The molecule has 0 aromatic heterocycles. The highest BCUT2D eigenvalue weighted by Gasteiger charge is 2.17. The number of ketones is 1. The van der Waals surface area contributed by atoms with Crippen molar-refractivity contribution in [2.24, 2.45) is 0 Å². The summed E-state index contributed by atoms with van der Waals surface area (Å²) < 4.78 is 40.9. The van der Waals surface area contributed by atoms with Crippen LogP contribution in [0.2, 0.25) is 0 Å². The van der Waals surface area contributed by atoms with Gasteiger partial charge in [0, 0.05) is 6.07 Å². The summed E-state index contributed by atoms with van der Waals surface area (Å²) in [5.41, 5.74) is 0.0137. The third kappa shape index (κ3) is 3.87. The Kier molecular flexibility index (Phi) is 5.47. The lowest BCUT2D eigenvalue weighted by Gasteiger charge is -2.10. The Morgan fingerprint density at radius 2 is 1.71 bits per heavy atom. The summed E-state index contributed by atoms with van der Waals surface area (Å²) in [7, 11) is 2.86. The second kappa shape index (κ2) is 7.54. The molecule has 0 N–H and O–H groups in total. The van der Waals surface area contributed by atoms with E-state index in [-0.39, 0.29) is 16.9 Å². The quantitative estimate of drug-likeness (QED) is 0.599.